The molecule has 0 aliphatic heterocycles. The van der Waals surface area contributed by atoms with E-state index in [2.05, 4.69) is 93.4 Å². The van der Waals surface area contributed by atoms with Gasteiger partial charge in [-0.1, -0.05) is 94.6 Å². The highest BCUT2D eigenvalue weighted by molar-refractivity contribution is 5.78. The van der Waals surface area contributed by atoms with Gasteiger partial charge in [-0.2, -0.15) is 0 Å². The molecule has 1 aliphatic rings. The molecule has 0 radical (unpaired) electrons. The van der Waals surface area contributed by atoms with Crippen molar-refractivity contribution in [1.29, 1.82) is 0 Å². The second-order valence-electron chi connectivity index (χ2n) is 11.6. The molecule has 3 aromatic rings. The van der Waals surface area contributed by atoms with Crippen LogP contribution in [-0.2, 0) is 44.1 Å². The zero-order valence-corrected chi connectivity index (χ0v) is 26.7. The van der Waals surface area contributed by atoms with Crippen LogP contribution in [-0.4, -0.2) is 27.2 Å². The van der Waals surface area contributed by atoms with Crippen LogP contribution in [0.2, 0.25) is 0 Å². The topological polar surface area (TPSA) is 51.0 Å². The lowest BCUT2D eigenvalue weighted by Gasteiger charge is -2.33. The van der Waals surface area contributed by atoms with Crippen molar-refractivity contribution in [3.05, 3.63) is 88.3 Å². The third kappa shape index (κ3) is 9.22. The highest BCUT2D eigenvalue weighted by Gasteiger charge is 2.25. The van der Waals surface area contributed by atoms with Gasteiger partial charge >= 0.3 is 0 Å². The predicted molar refractivity (Wildman–Crippen MR) is 175 cm³/mol. The molecule has 4 rings (SSSR count). The molecule has 1 aliphatic carbocycles. The summed E-state index contributed by atoms with van der Waals surface area (Å²) in [6, 6.07) is 15.8. The summed E-state index contributed by atoms with van der Waals surface area (Å²) in [6.45, 7) is 13.5. The van der Waals surface area contributed by atoms with Crippen LogP contribution in [0.5, 0.6) is 0 Å². The Morgan fingerprint density at radius 2 is 1.85 bits per heavy atom. The fraction of sp³-hybridized carbons (Fsp3) is 0.528. The van der Waals surface area contributed by atoms with Crippen molar-refractivity contribution in [2.24, 2.45) is 7.05 Å². The fourth-order valence-electron chi connectivity index (χ4n) is 5.85. The Hall–Kier alpha value is -3.05. The van der Waals surface area contributed by atoms with E-state index in [1.165, 1.54) is 35.2 Å². The Morgan fingerprint density at radius 3 is 2.49 bits per heavy atom. The standard InChI is InChI=1S/C33H46N4O.C3H8/c1-6-12-32(34-28-17-16-27-20-24(4)19-26(7-2)30(27)21-28)31(8-3)35-33-23-37(36(33)5)22-29(38)18-15-25-13-10-9-11-14-25;1-3-2/h8-11,13-14,19-20,23,28,32,34-35H,6-7,12,15-18,21-22H2,1-5H3;3H2,1-2H3/b31-8-;/t28-,32-;/m0./s1. The third-order valence-corrected chi connectivity index (χ3v) is 8.02. The number of nitrogens with one attached hydrogen (secondary N) is 2. The molecule has 2 aromatic carbocycles. The van der Waals surface area contributed by atoms with Crippen molar-refractivity contribution in [3.8, 4) is 0 Å². The first-order valence-electron chi connectivity index (χ1n) is 15.9. The highest BCUT2D eigenvalue weighted by atomic mass is 16.1. The van der Waals surface area contributed by atoms with Gasteiger partial charge in [-0.25, -0.2) is 0 Å². The first kappa shape index (κ1) is 32.5. The summed E-state index contributed by atoms with van der Waals surface area (Å²) in [5.41, 5.74) is 8.46. The molecule has 1 heterocycles. The van der Waals surface area contributed by atoms with Crippen molar-refractivity contribution in [3.63, 3.8) is 0 Å². The molecular formula is C36H54N4O. The minimum absolute atomic E-state index is 0.256. The molecule has 0 saturated heterocycles. The number of Topliss-reactive ketones (excluding diaryl/α,β-unsaturated/α-hetero) is 1. The van der Waals surface area contributed by atoms with Gasteiger partial charge in [-0.15, -0.1) is 0 Å². The number of allylic oxidation sites excluding steroid dienone is 1. The van der Waals surface area contributed by atoms with Gasteiger partial charge in [0.05, 0.1) is 12.7 Å². The normalized spacial score (nSPS) is 15.6. The molecule has 0 amide bonds. The summed E-state index contributed by atoms with van der Waals surface area (Å²) in [6.07, 6.45) is 13.6. The maximum absolute atomic E-state index is 12.6. The van der Waals surface area contributed by atoms with Gasteiger partial charge in [0.15, 0.2) is 5.78 Å². The molecule has 2 N–H and O–H groups in total. The first-order valence-corrected chi connectivity index (χ1v) is 15.9. The number of benzene rings is 2. The van der Waals surface area contributed by atoms with Crippen LogP contribution in [0.25, 0.3) is 0 Å². The summed E-state index contributed by atoms with van der Waals surface area (Å²) in [5.74, 6) is 1.29. The molecule has 1 aromatic heterocycles. The van der Waals surface area contributed by atoms with Crippen molar-refractivity contribution in [2.75, 3.05) is 5.32 Å². The molecule has 41 heavy (non-hydrogen) atoms. The quantitative estimate of drug-likeness (QED) is 0.224. The minimum Gasteiger partial charge on any atom is -0.342 e. The number of rotatable bonds is 13. The number of aryl methyl sites for hydroxylation is 4. The van der Waals surface area contributed by atoms with E-state index in [9.17, 15) is 4.79 Å². The number of hydrogen-bond acceptors (Lipinski definition) is 3. The lowest BCUT2D eigenvalue weighted by atomic mass is 9.83. The van der Waals surface area contributed by atoms with Crippen LogP contribution in [0.15, 0.2) is 60.4 Å². The lowest BCUT2D eigenvalue weighted by molar-refractivity contribution is -0.120. The minimum atomic E-state index is 0.256. The van der Waals surface area contributed by atoms with Crippen molar-refractivity contribution >= 4 is 11.6 Å². The maximum atomic E-state index is 12.6. The number of carbonyl (C=O) groups excluding carboxylic acids is 1. The van der Waals surface area contributed by atoms with E-state index in [1.54, 1.807) is 11.1 Å². The summed E-state index contributed by atoms with van der Waals surface area (Å²) in [4.78, 5) is 12.6. The van der Waals surface area contributed by atoms with Gasteiger partial charge in [-0.05, 0) is 74.6 Å². The summed E-state index contributed by atoms with van der Waals surface area (Å²) >= 11 is 0. The molecular weight excluding hydrogens is 504 g/mol. The molecule has 5 heteroatoms. The highest BCUT2D eigenvalue weighted by Crippen LogP contribution is 2.28. The summed E-state index contributed by atoms with van der Waals surface area (Å²) in [5, 5.41) is 7.68. The number of anilines is 1. The van der Waals surface area contributed by atoms with Crippen LogP contribution in [0.3, 0.4) is 0 Å². The lowest BCUT2D eigenvalue weighted by Crippen LogP contribution is -2.44. The average Bonchev–Trinajstić information content (AvgIpc) is 2.98. The van der Waals surface area contributed by atoms with Crippen molar-refractivity contribution in [1.82, 2.24) is 14.7 Å². The smallest absolute Gasteiger partial charge is 0.154 e. The molecule has 224 valence electrons. The van der Waals surface area contributed by atoms with E-state index in [0.717, 1.165) is 44.3 Å². The molecule has 5 nitrogen and oxygen atoms in total. The summed E-state index contributed by atoms with van der Waals surface area (Å²) < 4.78 is 4.05. The molecule has 0 fully saturated rings. The molecule has 0 bridgehead atoms. The predicted octanol–water partition coefficient (Wildman–Crippen LogP) is 7.95. The number of fused-ring (bicyclic) bond motifs is 1. The van der Waals surface area contributed by atoms with E-state index in [1.807, 2.05) is 29.9 Å². The number of aromatic nitrogens is 2. The monoisotopic (exact) mass is 558 g/mol. The van der Waals surface area contributed by atoms with Crippen LogP contribution in [0.1, 0.15) is 94.5 Å². The number of nitrogens with zero attached hydrogens (tertiary/aromatic N) is 2. The second kappa shape index (κ2) is 16.4. The molecule has 0 saturated carbocycles. The van der Waals surface area contributed by atoms with E-state index < -0.39 is 0 Å². The Morgan fingerprint density at radius 1 is 1.12 bits per heavy atom. The van der Waals surface area contributed by atoms with Gasteiger partial charge in [0.25, 0.3) is 0 Å². The van der Waals surface area contributed by atoms with Gasteiger partial charge in [0.1, 0.15) is 5.82 Å². The number of hydrogen-bond donors (Lipinski definition) is 2. The Labute approximate surface area is 249 Å². The molecule has 0 spiro atoms. The SMILES string of the molecule is C/C=C(\Nc1cn(CC(=O)CCc2ccccc2)n1C)[C@H](CCC)N[C@H]1CCc2cc(C)cc(CC)c2C1.CCC. The molecule has 2 atom stereocenters. The summed E-state index contributed by atoms with van der Waals surface area (Å²) in [7, 11) is 2.02. The van der Waals surface area contributed by atoms with Gasteiger partial charge in [-0.3, -0.25) is 14.2 Å². The maximum Gasteiger partial charge on any atom is 0.154 e. The Balaban J connectivity index is 0.00000147. The van der Waals surface area contributed by atoms with Crippen LogP contribution >= 0.6 is 0 Å². The Kier molecular flexibility index (Phi) is 13.0. The number of ketones is 1. The van der Waals surface area contributed by atoms with E-state index in [4.69, 9.17) is 0 Å². The molecule has 0 unspecified atom stereocenters. The van der Waals surface area contributed by atoms with E-state index in [-0.39, 0.29) is 11.8 Å². The van der Waals surface area contributed by atoms with E-state index >= 15 is 0 Å². The Bertz CT molecular complexity index is 1230. The van der Waals surface area contributed by atoms with E-state index in [0.29, 0.717) is 19.0 Å². The van der Waals surface area contributed by atoms with Gasteiger partial charge < -0.3 is 10.6 Å². The van der Waals surface area contributed by atoms with Crippen molar-refractivity contribution < 1.29 is 4.79 Å². The first-order chi connectivity index (χ1) is 19.8. The zero-order valence-electron chi connectivity index (χ0n) is 26.7. The second-order valence-corrected chi connectivity index (χ2v) is 11.6. The van der Waals surface area contributed by atoms with Crippen LogP contribution < -0.4 is 10.6 Å². The average molecular weight is 559 g/mol. The largest absolute Gasteiger partial charge is 0.342 e. The van der Waals surface area contributed by atoms with Crippen molar-refractivity contribution in [2.45, 2.75) is 118 Å². The third-order valence-electron chi connectivity index (χ3n) is 8.02. The fourth-order valence-corrected chi connectivity index (χ4v) is 5.85. The number of carbonyl (C=O) groups is 1. The van der Waals surface area contributed by atoms with Crippen LogP contribution in [0, 0.1) is 6.92 Å². The van der Waals surface area contributed by atoms with Crippen LogP contribution in [0.4, 0.5) is 5.82 Å². The van der Waals surface area contributed by atoms with Gasteiger partial charge in [0.2, 0.25) is 0 Å². The zero-order chi connectivity index (χ0) is 29.8. The van der Waals surface area contributed by atoms with Gasteiger partial charge in [0, 0.05) is 31.2 Å².